The third kappa shape index (κ3) is 5.52. The zero-order chi connectivity index (χ0) is 11.8. The van der Waals surface area contributed by atoms with E-state index >= 15 is 0 Å². The van der Waals surface area contributed by atoms with Crippen LogP contribution in [0.5, 0.6) is 0 Å². The van der Waals surface area contributed by atoms with Crippen molar-refractivity contribution in [2.45, 2.75) is 52.2 Å². The van der Waals surface area contributed by atoms with Crippen molar-refractivity contribution in [2.24, 2.45) is 5.92 Å². The molecule has 0 aliphatic rings. The smallest absolute Gasteiger partial charge is 0.309 e. The monoisotopic (exact) mass is 215 g/mol. The molecule has 0 fully saturated rings. The SMILES string of the molecule is CCCC(CC=O)C(=O)OC(C)C(C)[O]. The fourth-order valence-corrected chi connectivity index (χ4v) is 1.17. The first kappa shape index (κ1) is 14.1. The summed E-state index contributed by atoms with van der Waals surface area (Å²) in [6.07, 6.45) is 0.752. The lowest BCUT2D eigenvalue weighted by Crippen LogP contribution is -2.29. The average molecular weight is 215 g/mol. The molecule has 15 heavy (non-hydrogen) atoms. The number of hydrogen-bond donors (Lipinski definition) is 0. The van der Waals surface area contributed by atoms with Crippen molar-refractivity contribution >= 4 is 12.3 Å². The molecule has 0 saturated heterocycles. The maximum atomic E-state index is 11.5. The van der Waals surface area contributed by atoms with Crippen LogP contribution in [-0.4, -0.2) is 24.5 Å². The Labute approximate surface area is 90.6 Å². The van der Waals surface area contributed by atoms with E-state index < -0.39 is 24.1 Å². The molecule has 87 valence electrons. The molecule has 0 saturated carbocycles. The van der Waals surface area contributed by atoms with Crippen LogP contribution in [0.2, 0.25) is 0 Å². The number of carbonyl (C=O) groups is 2. The molecular formula is C11H19O4. The van der Waals surface area contributed by atoms with Gasteiger partial charge in [0.1, 0.15) is 18.5 Å². The molecule has 0 heterocycles. The van der Waals surface area contributed by atoms with E-state index in [4.69, 9.17) is 4.74 Å². The van der Waals surface area contributed by atoms with E-state index in [1.54, 1.807) is 6.92 Å². The average Bonchev–Trinajstić information content (AvgIpc) is 2.17. The first-order valence-electron chi connectivity index (χ1n) is 5.32. The minimum atomic E-state index is -0.938. The molecule has 0 aliphatic heterocycles. The molecule has 0 rings (SSSR count). The van der Waals surface area contributed by atoms with Gasteiger partial charge >= 0.3 is 5.97 Å². The summed E-state index contributed by atoms with van der Waals surface area (Å²) in [5.74, 6) is -0.826. The van der Waals surface area contributed by atoms with Crippen LogP contribution in [0.15, 0.2) is 0 Å². The van der Waals surface area contributed by atoms with Crippen molar-refractivity contribution in [2.75, 3.05) is 0 Å². The minimum absolute atomic E-state index is 0.173. The Balaban J connectivity index is 4.18. The van der Waals surface area contributed by atoms with Crippen LogP contribution in [0.1, 0.15) is 40.0 Å². The van der Waals surface area contributed by atoms with E-state index in [0.29, 0.717) is 12.7 Å². The predicted molar refractivity (Wildman–Crippen MR) is 54.8 cm³/mol. The summed E-state index contributed by atoms with van der Waals surface area (Å²) in [6, 6.07) is 0. The highest BCUT2D eigenvalue weighted by atomic mass is 16.6. The second kappa shape index (κ2) is 7.40. The molecule has 4 nitrogen and oxygen atoms in total. The van der Waals surface area contributed by atoms with Gasteiger partial charge in [0.2, 0.25) is 0 Å². The van der Waals surface area contributed by atoms with Crippen LogP contribution in [0.4, 0.5) is 0 Å². The van der Waals surface area contributed by atoms with Gasteiger partial charge in [0.25, 0.3) is 0 Å². The molecule has 3 atom stereocenters. The highest BCUT2D eigenvalue weighted by Gasteiger charge is 2.23. The van der Waals surface area contributed by atoms with Gasteiger partial charge in [-0.15, -0.1) is 0 Å². The molecular weight excluding hydrogens is 196 g/mol. The zero-order valence-electron chi connectivity index (χ0n) is 9.56. The maximum absolute atomic E-state index is 11.5. The molecule has 0 N–H and O–H groups in total. The van der Waals surface area contributed by atoms with Crippen LogP contribution in [-0.2, 0) is 19.4 Å². The second-order valence-corrected chi connectivity index (χ2v) is 3.74. The lowest BCUT2D eigenvalue weighted by atomic mass is 10.0. The van der Waals surface area contributed by atoms with E-state index in [9.17, 15) is 14.7 Å². The third-order valence-corrected chi connectivity index (χ3v) is 2.31. The Kier molecular flexibility index (Phi) is 6.96. The first-order chi connectivity index (χ1) is 7.02. The Bertz CT molecular complexity index is 201. The number of carbonyl (C=O) groups excluding carboxylic acids is 2. The Morgan fingerprint density at radius 1 is 1.40 bits per heavy atom. The van der Waals surface area contributed by atoms with Gasteiger partial charge in [-0.05, 0) is 20.3 Å². The Hall–Kier alpha value is -0.900. The van der Waals surface area contributed by atoms with Crippen molar-refractivity contribution in [3.8, 4) is 0 Å². The third-order valence-electron chi connectivity index (χ3n) is 2.31. The number of hydrogen-bond acceptors (Lipinski definition) is 3. The molecule has 0 aliphatic carbocycles. The van der Waals surface area contributed by atoms with E-state index in [1.165, 1.54) is 6.92 Å². The van der Waals surface area contributed by atoms with E-state index in [-0.39, 0.29) is 6.42 Å². The Morgan fingerprint density at radius 2 is 2.00 bits per heavy atom. The van der Waals surface area contributed by atoms with Crippen LogP contribution in [0.25, 0.3) is 0 Å². The molecule has 1 radical (unpaired) electrons. The van der Waals surface area contributed by atoms with Gasteiger partial charge < -0.3 is 9.53 Å². The summed E-state index contributed by atoms with van der Waals surface area (Å²) in [5.41, 5.74) is 0. The van der Waals surface area contributed by atoms with Gasteiger partial charge in [-0.3, -0.25) is 4.79 Å². The zero-order valence-corrected chi connectivity index (χ0v) is 9.56. The second-order valence-electron chi connectivity index (χ2n) is 3.74. The summed E-state index contributed by atoms with van der Waals surface area (Å²) in [5, 5.41) is 11.0. The summed E-state index contributed by atoms with van der Waals surface area (Å²) in [7, 11) is 0. The highest BCUT2D eigenvalue weighted by Crippen LogP contribution is 2.14. The van der Waals surface area contributed by atoms with Gasteiger partial charge in [-0.25, -0.2) is 5.11 Å². The maximum Gasteiger partial charge on any atom is 0.309 e. The molecule has 0 aromatic carbocycles. The first-order valence-corrected chi connectivity index (χ1v) is 5.32. The summed E-state index contributed by atoms with van der Waals surface area (Å²) in [4.78, 5) is 21.9. The van der Waals surface area contributed by atoms with Gasteiger partial charge in [0.05, 0.1) is 5.92 Å². The van der Waals surface area contributed by atoms with Crippen molar-refractivity contribution in [3.05, 3.63) is 0 Å². The number of rotatable bonds is 7. The summed E-state index contributed by atoms with van der Waals surface area (Å²) >= 11 is 0. The van der Waals surface area contributed by atoms with E-state index in [0.717, 1.165) is 6.42 Å². The number of ether oxygens (including phenoxy) is 1. The summed E-state index contributed by atoms with van der Waals surface area (Å²) < 4.78 is 4.97. The lowest BCUT2D eigenvalue weighted by molar-refractivity contribution is -0.161. The normalized spacial score (nSPS) is 16.5. The Morgan fingerprint density at radius 3 is 2.40 bits per heavy atom. The fourth-order valence-electron chi connectivity index (χ4n) is 1.17. The summed E-state index contributed by atoms with van der Waals surface area (Å²) in [6.45, 7) is 4.96. The molecule has 0 spiro atoms. The molecule has 3 unspecified atom stereocenters. The van der Waals surface area contributed by atoms with Crippen molar-refractivity contribution in [3.63, 3.8) is 0 Å². The fraction of sp³-hybridized carbons (Fsp3) is 0.818. The highest BCUT2D eigenvalue weighted by molar-refractivity contribution is 5.75. The molecule has 0 amide bonds. The van der Waals surface area contributed by atoms with Crippen LogP contribution in [0, 0.1) is 5.92 Å². The molecule has 0 bridgehead atoms. The van der Waals surface area contributed by atoms with E-state index in [2.05, 4.69) is 0 Å². The largest absolute Gasteiger partial charge is 0.460 e. The lowest BCUT2D eigenvalue weighted by Gasteiger charge is -2.18. The van der Waals surface area contributed by atoms with Gasteiger partial charge in [-0.2, -0.15) is 0 Å². The quantitative estimate of drug-likeness (QED) is 0.480. The standard InChI is InChI=1S/C11H19O4/c1-4-5-10(6-7-12)11(14)15-9(3)8(2)13/h7-10H,4-6H2,1-3H3. The van der Waals surface area contributed by atoms with E-state index in [1.807, 2.05) is 6.92 Å². The topological polar surface area (TPSA) is 63.3 Å². The van der Waals surface area contributed by atoms with Crippen molar-refractivity contribution in [1.82, 2.24) is 0 Å². The number of aldehydes is 1. The predicted octanol–water partition coefficient (Wildman–Crippen LogP) is 1.74. The van der Waals surface area contributed by atoms with Gasteiger partial charge in [-0.1, -0.05) is 13.3 Å². The molecule has 0 aromatic rings. The minimum Gasteiger partial charge on any atom is -0.460 e. The van der Waals surface area contributed by atoms with Crippen LogP contribution < -0.4 is 0 Å². The van der Waals surface area contributed by atoms with Gasteiger partial charge in [0.15, 0.2) is 0 Å². The molecule has 4 heteroatoms. The number of esters is 1. The van der Waals surface area contributed by atoms with Crippen LogP contribution in [0.3, 0.4) is 0 Å². The van der Waals surface area contributed by atoms with Gasteiger partial charge in [0, 0.05) is 6.42 Å². The molecule has 0 aromatic heterocycles. The van der Waals surface area contributed by atoms with Crippen molar-refractivity contribution in [1.29, 1.82) is 0 Å². The van der Waals surface area contributed by atoms with Crippen LogP contribution >= 0.6 is 0 Å². The van der Waals surface area contributed by atoms with Crippen molar-refractivity contribution < 1.29 is 19.4 Å².